The van der Waals surface area contributed by atoms with Gasteiger partial charge in [-0.05, 0) is 51.7 Å². The lowest BCUT2D eigenvalue weighted by Crippen LogP contribution is -2.38. The molecule has 1 fully saturated rings. The summed E-state index contributed by atoms with van der Waals surface area (Å²) in [5.41, 5.74) is 7.12. The molecule has 3 N–H and O–H groups in total. The number of rotatable bonds is 4. The molecule has 23 heavy (non-hydrogen) atoms. The van der Waals surface area contributed by atoms with Crippen molar-refractivity contribution in [2.24, 2.45) is 5.92 Å². The van der Waals surface area contributed by atoms with Crippen LogP contribution in [0.25, 0.3) is 0 Å². The van der Waals surface area contributed by atoms with E-state index < -0.39 is 11.8 Å². The molecule has 0 spiro atoms. The third kappa shape index (κ3) is 5.98. The Morgan fingerprint density at radius 2 is 1.96 bits per heavy atom. The number of benzene rings is 1. The van der Waals surface area contributed by atoms with Gasteiger partial charge in [0.05, 0.1) is 11.4 Å². The molecule has 1 saturated heterocycles. The number of ether oxygens (including phenoxy) is 1. The van der Waals surface area contributed by atoms with Gasteiger partial charge in [0, 0.05) is 19.6 Å². The van der Waals surface area contributed by atoms with E-state index in [9.17, 15) is 4.79 Å². The second kappa shape index (κ2) is 7.55. The van der Waals surface area contributed by atoms with Gasteiger partial charge >= 0.3 is 6.16 Å². The summed E-state index contributed by atoms with van der Waals surface area (Å²) in [5, 5.41) is 5.08. The average Bonchev–Trinajstić information content (AvgIpc) is 2.46. The van der Waals surface area contributed by atoms with E-state index in [1.165, 1.54) is 0 Å². The van der Waals surface area contributed by atoms with Gasteiger partial charge in [-0.3, -0.25) is 0 Å². The van der Waals surface area contributed by atoms with Gasteiger partial charge in [-0.25, -0.2) is 4.79 Å². The predicted octanol–water partition coefficient (Wildman–Crippen LogP) is 3.26. The maximum Gasteiger partial charge on any atom is 0.528 e. The number of para-hydroxylation sites is 2. The van der Waals surface area contributed by atoms with Crippen molar-refractivity contribution in [1.82, 2.24) is 5.06 Å². The fourth-order valence-electron chi connectivity index (χ4n) is 2.49. The average molecular weight is 321 g/mol. The standard InChI is InChI=1S/C17H27N3O3/c1-17(2,3)22-16(21)23-20-10-8-13(9-11-20)12-19-15-7-5-4-6-14(15)18/h4-7,13,19H,8-12,18H2,1-3H3. The molecule has 1 aliphatic rings. The van der Waals surface area contributed by atoms with Gasteiger partial charge in [-0.15, -0.1) is 5.06 Å². The largest absolute Gasteiger partial charge is 0.528 e. The summed E-state index contributed by atoms with van der Waals surface area (Å²) in [6.07, 6.45) is 1.29. The van der Waals surface area contributed by atoms with Gasteiger partial charge in [-0.2, -0.15) is 0 Å². The zero-order valence-corrected chi connectivity index (χ0v) is 14.2. The number of nitrogens with one attached hydrogen (secondary N) is 1. The van der Waals surface area contributed by atoms with Gasteiger partial charge in [0.25, 0.3) is 0 Å². The van der Waals surface area contributed by atoms with E-state index in [-0.39, 0.29) is 0 Å². The van der Waals surface area contributed by atoms with Crippen LogP contribution in [0.3, 0.4) is 0 Å². The first-order valence-corrected chi connectivity index (χ1v) is 8.08. The number of nitrogen functional groups attached to an aromatic ring is 1. The highest BCUT2D eigenvalue weighted by Gasteiger charge is 2.24. The molecule has 0 radical (unpaired) electrons. The third-order valence-electron chi connectivity index (χ3n) is 3.71. The molecule has 1 aromatic carbocycles. The fraction of sp³-hybridized carbons (Fsp3) is 0.588. The number of nitrogens with zero attached hydrogens (tertiary/aromatic N) is 1. The predicted molar refractivity (Wildman–Crippen MR) is 91.0 cm³/mol. The van der Waals surface area contributed by atoms with Crippen LogP contribution in [0.5, 0.6) is 0 Å². The van der Waals surface area contributed by atoms with Gasteiger partial charge in [0.2, 0.25) is 0 Å². The first-order valence-electron chi connectivity index (χ1n) is 8.08. The van der Waals surface area contributed by atoms with Crippen molar-refractivity contribution in [3.8, 4) is 0 Å². The maximum atomic E-state index is 11.6. The van der Waals surface area contributed by atoms with Crippen LogP contribution in [-0.2, 0) is 9.57 Å². The van der Waals surface area contributed by atoms with Crippen LogP contribution in [0.4, 0.5) is 16.2 Å². The summed E-state index contributed by atoms with van der Waals surface area (Å²) in [5.74, 6) is 0.535. The molecule has 1 aliphatic heterocycles. The van der Waals surface area contributed by atoms with Crippen molar-refractivity contribution in [2.45, 2.75) is 39.2 Å². The number of piperidine rings is 1. The van der Waals surface area contributed by atoms with Crippen LogP contribution in [0.2, 0.25) is 0 Å². The summed E-state index contributed by atoms with van der Waals surface area (Å²) in [7, 11) is 0. The number of hydroxylamine groups is 2. The fourth-order valence-corrected chi connectivity index (χ4v) is 2.49. The molecule has 0 unspecified atom stereocenters. The Labute approximate surface area is 137 Å². The molecule has 0 amide bonds. The molecule has 128 valence electrons. The number of nitrogens with two attached hydrogens (primary N) is 1. The van der Waals surface area contributed by atoms with E-state index >= 15 is 0 Å². The van der Waals surface area contributed by atoms with Crippen LogP contribution in [0.1, 0.15) is 33.6 Å². The van der Waals surface area contributed by atoms with Crippen LogP contribution in [0, 0.1) is 5.92 Å². The maximum absolute atomic E-state index is 11.6. The highest BCUT2D eigenvalue weighted by Crippen LogP contribution is 2.22. The molecule has 1 aromatic rings. The van der Waals surface area contributed by atoms with Gasteiger partial charge < -0.3 is 20.6 Å². The smallest absolute Gasteiger partial charge is 0.427 e. The minimum Gasteiger partial charge on any atom is -0.427 e. The molecule has 6 nitrogen and oxygen atoms in total. The summed E-state index contributed by atoms with van der Waals surface area (Å²) in [6, 6.07) is 7.76. The van der Waals surface area contributed by atoms with Crippen molar-refractivity contribution >= 4 is 17.5 Å². The summed E-state index contributed by atoms with van der Waals surface area (Å²) in [6.45, 7) is 7.77. The Kier molecular flexibility index (Phi) is 5.71. The number of hydrogen-bond donors (Lipinski definition) is 2. The van der Waals surface area contributed by atoms with Crippen molar-refractivity contribution in [1.29, 1.82) is 0 Å². The van der Waals surface area contributed by atoms with Gasteiger partial charge in [0.1, 0.15) is 5.60 Å². The topological polar surface area (TPSA) is 76.8 Å². The number of carbonyl (C=O) groups is 1. The quantitative estimate of drug-likeness (QED) is 0.655. The first kappa shape index (κ1) is 17.4. The first-order chi connectivity index (χ1) is 10.8. The molecule has 1 heterocycles. The van der Waals surface area contributed by atoms with E-state index in [1.54, 1.807) is 5.06 Å². The molecular weight excluding hydrogens is 294 g/mol. The molecular formula is C17H27N3O3. The minimum absolute atomic E-state index is 0.533. The molecule has 0 aromatic heterocycles. The van der Waals surface area contributed by atoms with E-state index in [0.29, 0.717) is 5.92 Å². The minimum atomic E-state index is -0.633. The third-order valence-corrected chi connectivity index (χ3v) is 3.71. The van der Waals surface area contributed by atoms with Crippen LogP contribution in [0.15, 0.2) is 24.3 Å². The van der Waals surface area contributed by atoms with Gasteiger partial charge in [0.15, 0.2) is 0 Å². The highest BCUT2D eigenvalue weighted by molar-refractivity contribution is 5.65. The number of hydrogen-bond acceptors (Lipinski definition) is 6. The summed E-state index contributed by atoms with van der Waals surface area (Å²) >= 11 is 0. The van der Waals surface area contributed by atoms with Crippen molar-refractivity contribution < 1.29 is 14.4 Å². The van der Waals surface area contributed by atoms with Crippen molar-refractivity contribution in [3.63, 3.8) is 0 Å². The molecule has 2 rings (SSSR count). The number of carbonyl (C=O) groups excluding carboxylic acids is 1. The van der Waals surface area contributed by atoms with Crippen LogP contribution >= 0.6 is 0 Å². The molecule has 6 heteroatoms. The normalized spacial score (nSPS) is 16.8. The molecule has 0 atom stereocenters. The Morgan fingerprint density at radius 1 is 1.30 bits per heavy atom. The molecule has 0 saturated carbocycles. The Morgan fingerprint density at radius 3 is 2.57 bits per heavy atom. The van der Waals surface area contributed by atoms with Gasteiger partial charge in [-0.1, -0.05) is 12.1 Å². The zero-order chi connectivity index (χ0) is 16.9. The van der Waals surface area contributed by atoms with Crippen molar-refractivity contribution in [2.75, 3.05) is 30.7 Å². The van der Waals surface area contributed by atoms with E-state index in [1.807, 2.05) is 45.0 Å². The Hall–Kier alpha value is -1.95. The Bertz CT molecular complexity index is 520. The monoisotopic (exact) mass is 321 g/mol. The van der Waals surface area contributed by atoms with E-state index in [2.05, 4.69) is 5.32 Å². The number of anilines is 2. The van der Waals surface area contributed by atoms with Crippen LogP contribution < -0.4 is 11.1 Å². The molecule has 0 bridgehead atoms. The lowest BCUT2D eigenvalue weighted by molar-refractivity contribution is -0.154. The molecule has 0 aliphatic carbocycles. The highest BCUT2D eigenvalue weighted by atomic mass is 16.8. The summed E-state index contributed by atoms with van der Waals surface area (Å²) < 4.78 is 5.16. The van der Waals surface area contributed by atoms with E-state index in [0.717, 1.165) is 43.9 Å². The van der Waals surface area contributed by atoms with Crippen molar-refractivity contribution in [3.05, 3.63) is 24.3 Å². The van der Waals surface area contributed by atoms with Crippen LogP contribution in [-0.4, -0.2) is 36.5 Å². The lowest BCUT2D eigenvalue weighted by atomic mass is 9.98. The Balaban J connectivity index is 1.70. The lowest BCUT2D eigenvalue weighted by Gasteiger charge is -2.31. The SMILES string of the molecule is CC(C)(C)OC(=O)ON1CCC(CNc2ccccc2N)CC1. The summed E-state index contributed by atoms with van der Waals surface area (Å²) in [4.78, 5) is 16.9. The zero-order valence-electron chi connectivity index (χ0n) is 14.2. The second-order valence-electron chi connectivity index (χ2n) is 6.90. The second-order valence-corrected chi connectivity index (χ2v) is 6.90. The van der Waals surface area contributed by atoms with E-state index in [4.69, 9.17) is 15.3 Å².